The van der Waals surface area contributed by atoms with E-state index in [1.54, 1.807) is 0 Å². The summed E-state index contributed by atoms with van der Waals surface area (Å²) < 4.78 is 0. The van der Waals surface area contributed by atoms with Crippen LogP contribution in [0.15, 0.2) is 0 Å². The van der Waals surface area contributed by atoms with E-state index in [2.05, 4.69) is 17.1 Å². The van der Waals surface area contributed by atoms with Gasteiger partial charge >= 0.3 is 0 Å². The fourth-order valence-corrected chi connectivity index (χ4v) is 3.23. The second-order valence-corrected chi connectivity index (χ2v) is 5.14. The van der Waals surface area contributed by atoms with Crippen molar-refractivity contribution in [2.24, 2.45) is 5.92 Å². The summed E-state index contributed by atoms with van der Waals surface area (Å²) >= 11 is 0. The Bertz CT molecular complexity index is 204. The van der Waals surface area contributed by atoms with Crippen LogP contribution in [0.4, 0.5) is 0 Å². The lowest BCUT2D eigenvalue weighted by molar-refractivity contribution is 0.0221. The zero-order chi connectivity index (χ0) is 10.7. The maximum Gasteiger partial charge on any atom is 0.0615 e. The average Bonchev–Trinajstić information content (AvgIpc) is 2.75. The van der Waals surface area contributed by atoms with E-state index in [9.17, 15) is 5.11 Å². The molecule has 0 amide bonds. The predicted molar refractivity (Wildman–Crippen MR) is 61.9 cm³/mol. The van der Waals surface area contributed by atoms with Gasteiger partial charge in [-0.25, -0.2) is 0 Å². The van der Waals surface area contributed by atoms with Crippen molar-refractivity contribution in [3.63, 3.8) is 0 Å². The van der Waals surface area contributed by atoms with Gasteiger partial charge in [0.25, 0.3) is 0 Å². The Hall–Kier alpha value is -0.120. The van der Waals surface area contributed by atoms with E-state index in [1.807, 2.05) is 0 Å². The third-order valence-electron chi connectivity index (χ3n) is 4.35. The molecule has 2 aliphatic rings. The molecule has 0 aromatic carbocycles. The summed E-state index contributed by atoms with van der Waals surface area (Å²) in [4.78, 5) is 2.53. The largest absolute Gasteiger partial charge is 0.394 e. The summed E-state index contributed by atoms with van der Waals surface area (Å²) in [6.07, 6.45) is 4.98. The molecule has 2 rings (SSSR count). The molecular weight excluding hydrogens is 188 g/mol. The lowest BCUT2D eigenvalue weighted by Crippen LogP contribution is -2.57. The second-order valence-electron chi connectivity index (χ2n) is 5.14. The van der Waals surface area contributed by atoms with Crippen LogP contribution in [0.25, 0.3) is 0 Å². The van der Waals surface area contributed by atoms with Gasteiger partial charge < -0.3 is 10.4 Å². The number of nitrogens with one attached hydrogen (secondary N) is 1. The Morgan fingerprint density at radius 1 is 1.40 bits per heavy atom. The molecule has 2 fully saturated rings. The summed E-state index contributed by atoms with van der Waals surface area (Å²) in [5, 5.41) is 13.1. The van der Waals surface area contributed by atoms with Crippen LogP contribution in [-0.4, -0.2) is 48.3 Å². The number of hydrogen-bond donors (Lipinski definition) is 2. The molecule has 0 aromatic rings. The Morgan fingerprint density at radius 3 is 2.67 bits per heavy atom. The molecule has 1 saturated heterocycles. The summed E-state index contributed by atoms with van der Waals surface area (Å²) in [7, 11) is 0. The minimum absolute atomic E-state index is 0.128. The third-order valence-corrected chi connectivity index (χ3v) is 4.35. The highest BCUT2D eigenvalue weighted by Gasteiger charge is 2.42. The Kier molecular flexibility index (Phi) is 3.65. The van der Waals surface area contributed by atoms with Gasteiger partial charge in [-0.2, -0.15) is 0 Å². The topological polar surface area (TPSA) is 35.5 Å². The maximum atomic E-state index is 9.72. The molecule has 0 aromatic heterocycles. The van der Waals surface area contributed by atoms with Gasteiger partial charge in [0.1, 0.15) is 0 Å². The first-order chi connectivity index (χ1) is 7.30. The van der Waals surface area contributed by atoms with Crippen LogP contribution in [0.2, 0.25) is 0 Å². The molecule has 1 aliphatic carbocycles. The van der Waals surface area contributed by atoms with Crippen LogP contribution in [-0.2, 0) is 0 Å². The molecule has 0 radical (unpaired) electrons. The zero-order valence-corrected chi connectivity index (χ0v) is 9.84. The fraction of sp³-hybridized carbons (Fsp3) is 1.00. The van der Waals surface area contributed by atoms with Gasteiger partial charge in [-0.3, -0.25) is 4.90 Å². The van der Waals surface area contributed by atoms with Gasteiger partial charge in [0.05, 0.1) is 6.61 Å². The highest BCUT2D eigenvalue weighted by molar-refractivity contribution is 4.98. The number of piperazine rings is 1. The lowest BCUT2D eigenvalue weighted by atomic mass is 9.93. The zero-order valence-electron chi connectivity index (χ0n) is 9.84. The molecule has 1 heterocycles. The first-order valence-electron chi connectivity index (χ1n) is 6.37. The van der Waals surface area contributed by atoms with Gasteiger partial charge in [-0.05, 0) is 25.2 Å². The minimum atomic E-state index is 0.128. The summed E-state index contributed by atoms with van der Waals surface area (Å²) in [6.45, 7) is 7.00. The summed E-state index contributed by atoms with van der Waals surface area (Å²) in [5.74, 6) is 0.840. The van der Waals surface area contributed by atoms with E-state index >= 15 is 0 Å². The maximum absolute atomic E-state index is 9.72. The van der Waals surface area contributed by atoms with Gasteiger partial charge in [-0.1, -0.05) is 13.3 Å². The Morgan fingerprint density at radius 2 is 2.13 bits per heavy atom. The van der Waals surface area contributed by atoms with Crippen molar-refractivity contribution < 1.29 is 5.11 Å². The molecular formula is C12H24N2O. The minimum Gasteiger partial charge on any atom is -0.394 e. The molecule has 0 spiro atoms. The van der Waals surface area contributed by atoms with Crippen LogP contribution < -0.4 is 5.32 Å². The Labute approximate surface area is 92.8 Å². The smallest absolute Gasteiger partial charge is 0.0615 e. The molecule has 2 N–H and O–H groups in total. The monoisotopic (exact) mass is 212 g/mol. The number of aliphatic hydroxyl groups is 1. The van der Waals surface area contributed by atoms with Crippen molar-refractivity contribution in [1.82, 2.24) is 10.2 Å². The lowest BCUT2D eigenvalue weighted by Gasteiger charge is -2.42. The fourth-order valence-electron chi connectivity index (χ4n) is 3.23. The SMILES string of the molecule is CCC1CCC(CO)(N2CCNCC2)C1. The predicted octanol–water partition coefficient (Wildman–Crippen LogP) is 0.833. The van der Waals surface area contributed by atoms with Crippen molar-refractivity contribution in [3.8, 4) is 0 Å². The highest BCUT2D eigenvalue weighted by Crippen LogP contribution is 2.40. The van der Waals surface area contributed by atoms with Crippen LogP contribution in [0.5, 0.6) is 0 Å². The average molecular weight is 212 g/mol. The highest BCUT2D eigenvalue weighted by atomic mass is 16.3. The summed E-state index contributed by atoms with van der Waals surface area (Å²) in [5.41, 5.74) is 0.128. The van der Waals surface area contributed by atoms with Gasteiger partial charge in [0, 0.05) is 31.7 Å². The normalized spacial score (nSPS) is 38.4. The van der Waals surface area contributed by atoms with Crippen LogP contribution >= 0.6 is 0 Å². The molecule has 0 bridgehead atoms. The molecule has 15 heavy (non-hydrogen) atoms. The third kappa shape index (κ3) is 2.19. The second kappa shape index (κ2) is 4.81. The molecule has 2 atom stereocenters. The van der Waals surface area contributed by atoms with Gasteiger partial charge in [0.15, 0.2) is 0 Å². The molecule has 3 heteroatoms. The molecule has 1 aliphatic heterocycles. The number of nitrogens with zero attached hydrogens (tertiary/aromatic N) is 1. The molecule has 3 nitrogen and oxygen atoms in total. The van der Waals surface area contributed by atoms with E-state index in [4.69, 9.17) is 0 Å². The van der Waals surface area contributed by atoms with Crippen molar-refractivity contribution >= 4 is 0 Å². The standard InChI is InChI=1S/C12H24N2O/c1-2-11-3-4-12(9-11,10-15)14-7-5-13-6-8-14/h11,13,15H,2-10H2,1H3. The van der Waals surface area contributed by atoms with Crippen molar-refractivity contribution in [1.29, 1.82) is 0 Å². The van der Waals surface area contributed by atoms with Crippen LogP contribution in [0, 0.1) is 5.92 Å². The van der Waals surface area contributed by atoms with Crippen molar-refractivity contribution in [2.45, 2.75) is 38.1 Å². The molecule has 1 saturated carbocycles. The molecule has 2 unspecified atom stereocenters. The van der Waals surface area contributed by atoms with Crippen molar-refractivity contribution in [3.05, 3.63) is 0 Å². The van der Waals surface area contributed by atoms with Gasteiger partial charge in [0.2, 0.25) is 0 Å². The number of aliphatic hydroxyl groups excluding tert-OH is 1. The van der Waals surface area contributed by atoms with E-state index < -0.39 is 0 Å². The van der Waals surface area contributed by atoms with E-state index in [0.717, 1.165) is 32.1 Å². The van der Waals surface area contributed by atoms with Gasteiger partial charge in [-0.15, -0.1) is 0 Å². The number of rotatable bonds is 3. The van der Waals surface area contributed by atoms with E-state index in [0.29, 0.717) is 6.61 Å². The van der Waals surface area contributed by atoms with Crippen molar-refractivity contribution in [2.75, 3.05) is 32.8 Å². The molecule has 88 valence electrons. The first-order valence-corrected chi connectivity index (χ1v) is 6.37. The van der Waals surface area contributed by atoms with Crippen LogP contribution in [0.1, 0.15) is 32.6 Å². The quantitative estimate of drug-likeness (QED) is 0.727. The summed E-state index contributed by atoms with van der Waals surface area (Å²) in [6, 6.07) is 0. The van der Waals surface area contributed by atoms with E-state index in [-0.39, 0.29) is 5.54 Å². The Balaban J connectivity index is 2.01. The van der Waals surface area contributed by atoms with Crippen LogP contribution in [0.3, 0.4) is 0 Å². The first kappa shape index (κ1) is 11.4. The van der Waals surface area contributed by atoms with E-state index in [1.165, 1.54) is 25.7 Å². The number of hydrogen-bond acceptors (Lipinski definition) is 3.